The fraction of sp³-hybridized carbons (Fsp3) is 0.600. The van der Waals surface area contributed by atoms with Gasteiger partial charge in [0.1, 0.15) is 0 Å². The highest BCUT2D eigenvalue weighted by Gasteiger charge is 2.26. The summed E-state index contributed by atoms with van der Waals surface area (Å²) in [7, 11) is 0. The van der Waals surface area contributed by atoms with Crippen LogP contribution in [0.25, 0.3) is 0 Å². The standard InChI is InChI=1S/C20H30N4O2.ClH/c21-18(16-7-3-1-4-8-16)15-19(25)23-11-13-24(14-12-23)20(26)22-17-9-5-2-6-10-17;/h1,3-4,7-8,17-18H,2,5-6,9-15,21H2,(H,22,26);1H. The third-order valence-corrected chi connectivity index (χ3v) is 5.47. The smallest absolute Gasteiger partial charge is 0.317 e. The molecule has 2 aliphatic rings. The van der Waals surface area contributed by atoms with E-state index in [0.717, 1.165) is 18.4 Å². The van der Waals surface area contributed by atoms with Crippen LogP contribution in [0.1, 0.15) is 50.1 Å². The number of amides is 3. The quantitative estimate of drug-likeness (QED) is 0.824. The molecule has 1 aliphatic carbocycles. The molecule has 3 rings (SSSR count). The maximum Gasteiger partial charge on any atom is 0.317 e. The van der Waals surface area contributed by atoms with E-state index in [1.165, 1.54) is 19.3 Å². The summed E-state index contributed by atoms with van der Waals surface area (Å²) in [6.45, 7) is 2.34. The fourth-order valence-corrected chi connectivity index (χ4v) is 3.81. The van der Waals surface area contributed by atoms with Crippen molar-refractivity contribution in [3.63, 3.8) is 0 Å². The number of carbonyl (C=O) groups is 2. The van der Waals surface area contributed by atoms with Crippen LogP contribution in [-0.4, -0.2) is 54.0 Å². The van der Waals surface area contributed by atoms with Gasteiger partial charge in [0.05, 0.1) is 0 Å². The summed E-state index contributed by atoms with van der Waals surface area (Å²) in [5, 5.41) is 3.15. The first-order valence-corrected chi connectivity index (χ1v) is 9.77. The maximum absolute atomic E-state index is 12.5. The normalized spacial score (nSPS) is 19.1. The Morgan fingerprint density at radius 2 is 1.59 bits per heavy atom. The first-order valence-electron chi connectivity index (χ1n) is 9.77. The number of piperazine rings is 1. The summed E-state index contributed by atoms with van der Waals surface area (Å²) < 4.78 is 0. The number of urea groups is 1. The van der Waals surface area contributed by atoms with Crippen LogP contribution in [0.2, 0.25) is 0 Å². The summed E-state index contributed by atoms with van der Waals surface area (Å²) in [4.78, 5) is 28.6. The van der Waals surface area contributed by atoms with Crippen molar-refractivity contribution in [3.05, 3.63) is 35.9 Å². The molecule has 150 valence electrons. The predicted octanol–water partition coefficient (Wildman–Crippen LogP) is 2.68. The van der Waals surface area contributed by atoms with E-state index in [9.17, 15) is 9.59 Å². The van der Waals surface area contributed by atoms with Gasteiger partial charge in [0, 0.05) is 44.7 Å². The molecule has 6 nitrogen and oxygen atoms in total. The monoisotopic (exact) mass is 394 g/mol. The van der Waals surface area contributed by atoms with E-state index >= 15 is 0 Å². The number of hydrogen-bond acceptors (Lipinski definition) is 3. The lowest BCUT2D eigenvalue weighted by Crippen LogP contribution is -2.54. The second kappa shape index (κ2) is 10.5. The molecule has 1 aliphatic heterocycles. The van der Waals surface area contributed by atoms with Crippen LogP contribution >= 0.6 is 12.4 Å². The molecule has 3 amide bonds. The zero-order chi connectivity index (χ0) is 18.4. The van der Waals surface area contributed by atoms with Crippen molar-refractivity contribution in [2.24, 2.45) is 5.73 Å². The lowest BCUT2D eigenvalue weighted by molar-refractivity contribution is -0.133. The molecule has 0 spiro atoms. The maximum atomic E-state index is 12.5. The van der Waals surface area contributed by atoms with Gasteiger partial charge in [-0.2, -0.15) is 0 Å². The minimum Gasteiger partial charge on any atom is -0.339 e. The highest BCUT2D eigenvalue weighted by molar-refractivity contribution is 5.85. The molecule has 0 bridgehead atoms. The number of nitrogens with one attached hydrogen (secondary N) is 1. The van der Waals surface area contributed by atoms with Crippen LogP contribution in [0.4, 0.5) is 4.79 Å². The Morgan fingerprint density at radius 3 is 2.22 bits per heavy atom. The van der Waals surface area contributed by atoms with Gasteiger partial charge in [-0.15, -0.1) is 12.4 Å². The van der Waals surface area contributed by atoms with E-state index in [0.29, 0.717) is 38.6 Å². The average Bonchev–Trinajstić information content (AvgIpc) is 2.69. The van der Waals surface area contributed by atoms with Gasteiger partial charge in [0.15, 0.2) is 0 Å². The van der Waals surface area contributed by atoms with Crippen LogP contribution in [0.15, 0.2) is 30.3 Å². The summed E-state index contributed by atoms with van der Waals surface area (Å²) >= 11 is 0. The molecule has 1 atom stereocenters. The van der Waals surface area contributed by atoms with Gasteiger partial charge in [-0.3, -0.25) is 4.79 Å². The van der Waals surface area contributed by atoms with Crippen molar-refractivity contribution in [1.29, 1.82) is 0 Å². The summed E-state index contributed by atoms with van der Waals surface area (Å²) in [5.74, 6) is 0.0636. The van der Waals surface area contributed by atoms with E-state index in [4.69, 9.17) is 5.73 Å². The van der Waals surface area contributed by atoms with Gasteiger partial charge in [0.25, 0.3) is 0 Å². The number of rotatable bonds is 4. The number of benzene rings is 1. The Bertz CT molecular complexity index is 599. The number of halogens is 1. The van der Waals surface area contributed by atoms with E-state index in [1.54, 1.807) is 0 Å². The molecule has 7 heteroatoms. The minimum atomic E-state index is -0.281. The summed E-state index contributed by atoms with van der Waals surface area (Å²) in [6.07, 6.45) is 6.16. The van der Waals surface area contributed by atoms with Crippen LogP contribution in [0.3, 0.4) is 0 Å². The van der Waals surface area contributed by atoms with Crippen LogP contribution in [-0.2, 0) is 4.79 Å². The third kappa shape index (κ3) is 6.11. The van der Waals surface area contributed by atoms with Crippen molar-refractivity contribution in [2.75, 3.05) is 26.2 Å². The first-order chi connectivity index (χ1) is 12.6. The SMILES string of the molecule is Cl.NC(CC(=O)N1CCN(C(=O)NC2CCCCC2)CC1)c1ccccc1. The Morgan fingerprint density at radius 1 is 1.00 bits per heavy atom. The minimum absolute atomic E-state index is 0. The summed E-state index contributed by atoms with van der Waals surface area (Å²) in [5.41, 5.74) is 7.14. The zero-order valence-corrected chi connectivity index (χ0v) is 16.6. The van der Waals surface area contributed by atoms with E-state index in [1.807, 2.05) is 40.1 Å². The molecule has 1 aromatic rings. The molecular weight excluding hydrogens is 364 g/mol. The van der Waals surface area contributed by atoms with E-state index in [2.05, 4.69) is 5.32 Å². The molecule has 0 aromatic heterocycles. The Hall–Kier alpha value is -1.79. The topological polar surface area (TPSA) is 78.7 Å². The van der Waals surface area contributed by atoms with E-state index < -0.39 is 0 Å². The summed E-state index contributed by atoms with van der Waals surface area (Å²) in [6, 6.07) is 9.76. The number of nitrogens with zero attached hydrogens (tertiary/aromatic N) is 2. The molecule has 27 heavy (non-hydrogen) atoms. The molecule has 1 aromatic carbocycles. The van der Waals surface area contributed by atoms with Crippen LogP contribution in [0, 0.1) is 0 Å². The van der Waals surface area contributed by atoms with Gasteiger partial charge in [0.2, 0.25) is 5.91 Å². The van der Waals surface area contributed by atoms with Gasteiger partial charge in [-0.25, -0.2) is 4.79 Å². The van der Waals surface area contributed by atoms with Gasteiger partial charge in [-0.05, 0) is 18.4 Å². The van der Waals surface area contributed by atoms with Crippen molar-refractivity contribution in [2.45, 2.75) is 50.6 Å². The largest absolute Gasteiger partial charge is 0.339 e. The third-order valence-electron chi connectivity index (χ3n) is 5.47. The van der Waals surface area contributed by atoms with Crippen LogP contribution < -0.4 is 11.1 Å². The molecular formula is C20H31ClN4O2. The highest BCUT2D eigenvalue weighted by Crippen LogP contribution is 2.18. The molecule has 0 radical (unpaired) electrons. The van der Waals surface area contributed by atoms with Crippen molar-refractivity contribution in [1.82, 2.24) is 15.1 Å². The lowest BCUT2D eigenvalue weighted by atomic mass is 9.96. The second-order valence-corrected chi connectivity index (χ2v) is 7.37. The van der Waals surface area contributed by atoms with Crippen molar-refractivity contribution >= 4 is 24.3 Å². The molecule has 2 fully saturated rings. The molecule has 1 unspecified atom stereocenters. The fourth-order valence-electron chi connectivity index (χ4n) is 3.81. The Labute approximate surface area is 167 Å². The predicted molar refractivity (Wildman–Crippen MR) is 109 cm³/mol. The highest BCUT2D eigenvalue weighted by atomic mass is 35.5. The number of nitrogens with two attached hydrogens (primary N) is 1. The Kier molecular flexibility index (Phi) is 8.38. The van der Waals surface area contributed by atoms with Gasteiger partial charge < -0.3 is 20.9 Å². The van der Waals surface area contributed by atoms with Gasteiger partial charge in [-0.1, -0.05) is 49.6 Å². The number of hydrogen-bond donors (Lipinski definition) is 2. The first kappa shape index (κ1) is 21.5. The average molecular weight is 395 g/mol. The molecule has 1 heterocycles. The van der Waals surface area contributed by atoms with Crippen molar-refractivity contribution in [3.8, 4) is 0 Å². The van der Waals surface area contributed by atoms with Gasteiger partial charge >= 0.3 is 6.03 Å². The molecule has 1 saturated heterocycles. The van der Waals surface area contributed by atoms with E-state index in [-0.39, 0.29) is 30.4 Å². The lowest BCUT2D eigenvalue weighted by Gasteiger charge is -2.36. The number of carbonyl (C=O) groups excluding carboxylic acids is 2. The zero-order valence-electron chi connectivity index (χ0n) is 15.8. The van der Waals surface area contributed by atoms with Crippen LogP contribution in [0.5, 0.6) is 0 Å². The second-order valence-electron chi connectivity index (χ2n) is 7.37. The molecule has 1 saturated carbocycles. The van der Waals surface area contributed by atoms with Crippen molar-refractivity contribution < 1.29 is 9.59 Å². The molecule has 3 N–H and O–H groups in total. The Balaban J connectivity index is 0.00000261.